The van der Waals surface area contributed by atoms with Crippen LogP contribution in [0.25, 0.3) is 0 Å². The molecule has 2 heteroatoms. The van der Waals surface area contributed by atoms with Gasteiger partial charge in [0.2, 0.25) is 0 Å². The summed E-state index contributed by atoms with van der Waals surface area (Å²) in [4.78, 5) is 4.00. The van der Waals surface area contributed by atoms with Crippen molar-refractivity contribution in [2.45, 2.75) is 0 Å². The first kappa shape index (κ1) is 8.32. The monoisotopic (exact) mass is 139 g/mol. The van der Waals surface area contributed by atoms with E-state index in [-0.39, 0.29) is 0 Å². The molecule has 0 aliphatic carbocycles. The van der Waals surface area contributed by atoms with E-state index in [1.807, 2.05) is 0 Å². The molecule has 0 unspecified atom stereocenters. The Bertz CT molecular complexity index is 143. The second-order valence-electron chi connectivity index (χ2n) is 1.18. The van der Waals surface area contributed by atoms with Crippen molar-refractivity contribution in [3.63, 3.8) is 0 Å². The van der Waals surface area contributed by atoms with Crippen LogP contribution >= 0.6 is 11.8 Å². The van der Waals surface area contributed by atoms with Crippen molar-refractivity contribution >= 4 is 16.8 Å². The summed E-state index contributed by atoms with van der Waals surface area (Å²) < 4.78 is 0. The van der Waals surface area contributed by atoms with E-state index in [1.54, 1.807) is 11.8 Å². The lowest BCUT2D eigenvalue weighted by Gasteiger charge is -1.76. The van der Waals surface area contributed by atoms with Crippen molar-refractivity contribution in [3.05, 3.63) is 13.2 Å². The van der Waals surface area contributed by atoms with Crippen LogP contribution in [-0.2, 0) is 0 Å². The molecule has 9 heavy (non-hydrogen) atoms. The number of rotatable bonds is 0. The Balaban J connectivity index is 0.000000291. The maximum atomic E-state index is 5.03. The maximum absolute atomic E-state index is 5.03. The molecule has 0 aromatic rings. The predicted molar refractivity (Wildman–Crippen MR) is 44.8 cm³/mol. The second kappa shape index (κ2) is 5.46. The highest BCUT2D eigenvalue weighted by molar-refractivity contribution is 8.14. The van der Waals surface area contributed by atoms with Crippen molar-refractivity contribution in [3.8, 4) is 12.3 Å². The van der Waals surface area contributed by atoms with Gasteiger partial charge in [0.1, 0.15) is 5.04 Å². The predicted octanol–water partition coefficient (Wildman–Crippen LogP) is 1.57. The van der Waals surface area contributed by atoms with E-state index in [4.69, 9.17) is 6.42 Å². The van der Waals surface area contributed by atoms with Gasteiger partial charge in [-0.3, -0.25) is 4.99 Å². The summed E-state index contributed by atoms with van der Waals surface area (Å²) in [7, 11) is 0. The largest absolute Gasteiger partial charge is 0.269 e. The van der Waals surface area contributed by atoms with Gasteiger partial charge in [-0.25, -0.2) is 0 Å². The molecule has 1 aliphatic rings. The molecule has 0 radical (unpaired) electrons. The van der Waals surface area contributed by atoms with Gasteiger partial charge in [0.15, 0.2) is 0 Å². The summed E-state index contributed by atoms with van der Waals surface area (Å²) >= 11 is 1.66. The summed E-state index contributed by atoms with van der Waals surface area (Å²) in [6.45, 7) is 6.91. The molecule has 0 fully saturated rings. The number of hydrogen-bond donors (Lipinski definition) is 0. The van der Waals surface area contributed by atoms with Gasteiger partial charge in [0.25, 0.3) is 0 Å². The molecule has 0 bridgehead atoms. The van der Waals surface area contributed by atoms with E-state index in [1.165, 1.54) is 0 Å². The third-order valence-corrected chi connectivity index (χ3v) is 1.62. The van der Waals surface area contributed by atoms with Crippen molar-refractivity contribution in [1.82, 2.24) is 0 Å². The maximum Gasteiger partial charge on any atom is 0.141 e. The van der Waals surface area contributed by atoms with Crippen molar-refractivity contribution < 1.29 is 0 Å². The Kier molecular flexibility index (Phi) is 5.04. The normalized spacial score (nSPS) is 14.8. The van der Waals surface area contributed by atoms with E-state index in [9.17, 15) is 0 Å². The van der Waals surface area contributed by atoms with Gasteiger partial charge in [0.05, 0.1) is 6.54 Å². The molecule has 0 N–H and O–H groups in total. The van der Waals surface area contributed by atoms with Crippen molar-refractivity contribution in [1.29, 1.82) is 0 Å². The molecule has 1 rings (SSSR count). The molecular weight excluding hydrogens is 130 g/mol. The SMILES string of the molecule is C#CC1=NCCS1.C=C. The molecule has 48 valence electrons. The number of nitrogens with zero attached hydrogens (tertiary/aromatic N) is 1. The first-order chi connectivity index (χ1) is 4.43. The van der Waals surface area contributed by atoms with Crippen LogP contribution in [0.4, 0.5) is 0 Å². The Labute approximate surface area is 60.3 Å². The zero-order valence-electron chi connectivity index (χ0n) is 5.26. The molecule has 0 aromatic heterocycles. The van der Waals surface area contributed by atoms with E-state index in [0.717, 1.165) is 17.3 Å². The van der Waals surface area contributed by atoms with Crippen LogP contribution in [-0.4, -0.2) is 17.3 Å². The number of terminal acetylenes is 1. The molecule has 0 aromatic carbocycles. The molecular formula is C7H9NS. The summed E-state index contributed by atoms with van der Waals surface area (Å²) in [6, 6.07) is 0. The van der Waals surface area contributed by atoms with Gasteiger partial charge in [-0.05, 0) is 5.92 Å². The molecule has 0 atom stereocenters. The van der Waals surface area contributed by atoms with E-state index in [2.05, 4.69) is 24.1 Å². The number of hydrogen-bond acceptors (Lipinski definition) is 2. The summed E-state index contributed by atoms with van der Waals surface area (Å²) in [5, 5.41) is 0.861. The topological polar surface area (TPSA) is 12.4 Å². The number of aliphatic imine (C=N–C) groups is 1. The lowest BCUT2D eigenvalue weighted by molar-refractivity contribution is 1.18. The molecule has 1 aliphatic heterocycles. The van der Waals surface area contributed by atoms with Crippen molar-refractivity contribution in [2.24, 2.45) is 4.99 Å². The summed E-state index contributed by atoms with van der Waals surface area (Å²) in [5.74, 6) is 3.55. The highest BCUT2D eigenvalue weighted by atomic mass is 32.2. The lowest BCUT2D eigenvalue weighted by Crippen LogP contribution is -1.75. The van der Waals surface area contributed by atoms with Crippen LogP contribution in [0, 0.1) is 12.3 Å². The zero-order valence-corrected chi connectivity index (χ0v) is 6.08. The second-order valence-corrected chi connectivity index (χ2v) is 2.26. The molecule has 0 amide bonds. The van der Waals surface area contributed by atoms with Crippen LogP contribution < -0.4 is 0 Å². The zero-order chi connectivity index (χ0) is 7.11. The van der Waals surface area contributed by atoms with Crippen LogP contribution in [0.3, 0.4) is 0 Å². The molecule has 1 nitrogen and oxygen atoms in total. The van der Waals surface area contributed by atoms with Gasteiger partial charge < -0.3 is 0 Å². The Morgan fingerprint density at radius 3 is 2.56 bits per heavy atom. The first-order valence-corrected chi connectivity index (χ1v) is 3.56. The third-order valence-electron chi connectivity index (χ3n) is 0.709. The fourth-order valence-corrected chi connectivity index (χ4v) is 1.06. The lowest BCUT2D eigenvalue weighted by atomic mass is 10.7. The average Bonchev–Trinajstić information content (AvgIpc) is 2.43. The van der Waals surface area contributed by atoms with Crippen molar-refractivity contribution in [2.75, 3.05) is 12.3 Å². The fraction of sp³-hybridized carbons (Fsp3) is 0.286. The fourth-order valence-electron chi connectivity index (χ4n) is 0.422. The van der Waals surface area contributed by atoms with E-state index in [0.29, 0.717) is 0 Å². The third kappa shape index (κ3) is 2.99. The molecule has 0 spiro atoms. The van der Waals surface area contributed by atoms with Crippen LogP contribution in [0.5, 0.6) is 0 Å². The Morgan fingerprint density at radius 1 is 1.67 bits per heavy atom. The summed E-state index contributed by atoms with van der Waals surface area (Å²) in [5.41, 5.74) is 0. The minimum Gasteiger partial charge on any atom is -0.269 e. The minimum atomic E-state index is 0.861. The standard InChI is InChI=1S/C5H5NS.C2H4/c1-2-5-6-3-4-7-5;1-2/h1H,3-4H2;1-2H2. The van der Waals surface area contributed by atoms with E-state index >= 15 is 0 Å². The highest BCUT2D eigenvalue weighted by Gasteiger charge is 2.00. The van der Waals surface area contributed by atoms with Gasteiger partial charge in [-0.2, -0.15) is 0 Å². The van der Waals surface area contributed by atoms with Gasteiger partial charge >= 0.3 is 0 Å². The Hall–Kier alpha value is -0.680. The molecule has 1 heterocycles. The Morgan fingerprint density at radius 2 is 2.33 bits per heavy atom. The average molecular weight is 139 g/mol. The van der Waals surface area contributed by atoms with Gasteiger partial charge in [0, 0.05) is 5.75 Å². The van der Waals surface area contributed by atoms with E-state index < -0.39 is 0 Å². The molecule has 0 saturated carbocycles. The first-order valence-electron chi connectivity index (χ1n) is 2.57. The summed E-state index contributed by atoms with van der Waals surface area (Å²) in [6.07, 6.45) is 5.03. The van der Waals surface area contributed by atoms with Gasteiger partial charge in [-0.15, -0.1) is 19.6 Å². The smallest absolute Gasteiger partial charge is 0.141 e. The van der Waals surface area contributed by atoms with Crippen LogP contribution in [0.15, 0.2) is 18.2 Å². The van der Waals surface area contributed by atoms with Crippen LogP contribution in [0.2, 0.25) is 0 Å². The minimum absolute atomic E-state index is 0.861. The highest BCUT2D eigenvalue weighted by Crippen LogP contribution is 2.09. The number of thioether (sulfide) groups is 1. The van der Waals surface area contributed by atoms with Crippen LogP contribution in [0.1, 0.15) is 0 Å². The quantitative estimate of drug-likeness (QED) is 0.366. The molecule has 0 saturated heterocycles. The van der Waals surface area contributed by atoms with Gasteiger partial charge in [-0.1, -0.05) is 11.8 Å².